The number of aliphatic hydroxyl groups is 1. The molecule has 0 amide bonds. The summed E-state index contributed by atoms with van der Waals surface area (Å²) < 4.78 is 29.7. The number of nitrogens with one attached hydrogen (secondary N) is 1. The van der Waals surface area contributed by atoms with Crippen molar-refractivity contribution in [1.29, 1.82) is 0 Å². The molecule has 114 valence electrons. The van der Waals surface area contributed by atoms with Crippen LogP contribution in [-0.4, -0.2) is 23.0 Å². The fraction of sp³-hybridized carbons (Fsp3) is 0.714. The van der Waals surface area contributed by atoms with Gasteiger partial charge in [-0.3, -0.25) is 0 Å². The molecule has 0 bridgehead atoms. The zero-order valence-corrected chi connectivity index (χ0v) is 12.2. The second-order valence-corrected chi connectivity index (χ2v) is 6.11. The van der Waals surface area contributed by atoms with Crippen LogP contribution >= 0.6 is 11.8 Å². The van der Waals surface area contributed by atoms with Crippen molar-refractivity contribution in [3.63, 3.8) is 0 Å². The molecule has 1 aromatic heterocycles. The lowest BCUT2D eigenvalue weighted by Crippen LogP contribution is -2.38. The normalized spacial score (nSPS) is 24.0. The van der Waals surface area contributed by atoms with Crippen LogP contribution in [0, 0.1) is 0 Å². The lowest BCUT2D eigenvalue weighted by atomic mass is 10.1. The van der Waals surface area contributed by atoms with E-state index in [0.29, 0.717) is 24.1 Å². The highest BCUT2D eigenvalue weighted by molar-refractivity contribution is 7.98. The first kappa shape index (κ1) is 15.8. The van der Waals surface area contributed by atoms with Gasteiger partial charge in [-0.2, -0.15) is 8.78 Å². The second kappa shape index (κ2) is 8.00. The van der Waals surface area contributed by atoms with Crippen molar-refractivity contribution in [2.45, 2.75) is 62.3 Å². The maximum absolute atomic E-state index is 12.1. The number of hydrogen-bond donors (Lipinski definition) is 2. The van der Waals surface area contributed by atoms with Crippen LogP contribution in [0.15, 0.2) is 16.5 Å². The Morgan fingerprint density at radius 2 is 2.00 bits per heavy atom. The fourth-order valence-electron chi connectivity index (χ4n) is 2.50. The summed E-state index contributed by atoms with van der Waals surface area (Å²) in [6.45, 7) is 0.529. The molecule has 0 spiro atoms. The van der Waals surface area contributed by atoms with Gasteiger partial charge < -0.3 is 14.8 Å². The van der Waals surface area contributed by atoms with E-state index in [2.05, 4.69) is 5.32 Å². The second-order valence-electron chi connectivity index (χ2n) is 5.13. The molecule has 2 unspecified atom stereocenters. The third-order valence-corrected chi connectivity index (χ3v) is 4.29. The highest BCUT2D eigenvalue weighted by atomic mass is 32.2. The summed E-state index contributed by atoms with van der Waals surface area (Å²) in [4.78, 5) is 0. The van der Waals surface area contributed by atoms with Gasteiger partial charge in [-0.15, -0.1) is 0 Å². The van der Waals surface area contributed by atoms with E-state index in [1.165, 1.54) is 6.42 Å². The smallest absolute Gasteiger partial charge is 0.284 e. The van der Waals surface area contributed by atoms with Crippen LogP contribution in [0.4, 0.5) is 8.78 Å². The van der Waals surface area contributed by atoms with Crippen LogP contribution in [0.3, 0.4) is 0 Å². The van der Waals surface area contributed by atoms with Crippen LogP contribution in [0.5, 0.6) is 0 Å². The molecule has 1 aromatic rings. The summed E-state index contributed by atoms with van der Waals surface area (Å²) in [5.41, 5.74) is 0. The molecular weight excluding hydrogens is 284 g/mol. The number of rotatable bonds is 6. The Balaban J connectivity index is 1.78. The topological polar surface area (TPSA) is 45.4 Å². The third kappa shape index (κ3) is 5.07. The molecule has 3 nitrogen and oxygen atoms in total. The molecule has 1 heterocycles. The maximum atomic E-state index is 12.1. The number of thioether (sulfide) groups is 1. The molecule has 20 heavy (non-hydrogen) atoms. The molecule has 2 atom stereocenters. The number of aliphatic hydroxyl groups excluding tert-OH is 1. The minimum atomic E-state index is -2.37. The first-order valence-corrected chi connectivity index (χ1v) is 8.09. The van der Waals surface area contributed by atoms with Gasteiger partial charge in [0.15, 0.2) is 0 Å². The van der Waals surface area contributed by atoms with Gasteiger partial charge in [0.25, 0.3) is 5.76 Å². The molecule has 0 radical (unpaired) electrons. The highest BCUT2D eigenvalue weighted by Gasteiger charge is 2.21. The lowest BCUT2D eigenvalue weighted by Gasteiger charge is -2.21. The number of hydrogen-bond acceptors (Lipinski definition) is 4. The van der Waals surface area contributed by atoms with Crippen molar-refractivity contribution >= 4 is 11.8 Å². The third-order valence-electron chi connectivity index (χ3n) is 3.59. The zero-order valence-electron chi connectivity index (χ0n) is 11.4. The Morgan fingerprint density at radius 3 is 2.80 bits per heavy atom. The Labute approximate surface area is 122 Å². The number of furan rings is 1. The van der Waals surface area contributed by atoms with Crippen molar-refractivity contribution < 1.29 is 18.3 Å². The van der Waals surface area contributed by atoms with Gasteiger partial charge in [0.2, 0.25) is 0 Å². The first-order valence-electron chi connectivity index (χ1n) is 7.04. The summed E-state index contributed by atoms with van der Waals surface area (Å²) in [5.74, 6) is -0.897. The highest BCUT2D eigenvalue weighted by Crippen LogP contribution is 2.22. The summed E-state index contributed by atoms with van der Waals surface area (Å²) in [6, 6.07) is 3.63. The number of halogens is 2. The van der Waals surface area contributed by atoms with Crippen molar-refractivity contribution in [1.82, 2.24) is 5.32 Å². The fourth-order valence-corrected chi connectivity index (χ4v) is 2.94. The Hall–Kier alpha value is -0.590. The van der Waals surface area contributed by atoms with Gasteiger partial charge in [-0.1, -0.05) is 31.0 Å². The lowest BCUT2D eigenvalue weighted by molar-refractivity contribution is 0.118. The quantitative estimate of drug-likeness (QED) is 0.789. The molecule has 6 heteroatoms. The Morgan fingerprint density at radius 1 is 1.25 bits per heavy atom. The number of alkyl halides is 2. The van der Waals surface area contributed by atoms with E-state index >= 15 is 0 Å². The van der Waals surface area contributed by atoms with Gasteiger partial charge in [0.1, 0.15) is 11.5 Å². The van der Waals surface area contributed by atoms with E-state index in [4.69, 9.17) is 4.42 Å². The van der Waals surface area contributed by atoms with Crippen molar-refractivity contribution in [2.24, 2.45) is 0 Å². The van der Waals surface area contributed by atoms with Crippen molar-refractivity contribution in [3.05, 3.63) is 23.7 Å². The molecule has 0 aliphatic heterocycles. The van der Waals surface area contributed by atoms with Gasteiger partial charge in [0, 0.05) is 6.04 Å². The molecule has 1 aliphatic carbocycles. The summed E-state index contributed by atoms with van der Waals surface area (Å²) in [6.07, 6.45) is 4.88. The van der Waals surface area contributed by atoms with E-state index in [1.807, 2.05) is 0 Å². The molecule has 2 rings (SSSR count). The Kier molecular flexibility index (Phi) is 6.32. The first-order chi connectivity index (χ1) is 9.65. The van der Waals surface area contributed by atoms with Crippen LogP contribution in [0.2, 0.25) is 0 Å². The molecule has 1 fully saturated rings. The zero-order chi connectivity index (χ0) is 14.4. The van der Waals surface area contributed by atoms with Crippen molar-refractivity contribution in [2.75, 3.05) is 0 Å². The van der Waals surface area contributed by atoms with E-state index in [0.717, 1.165) is 31.4 Å². The molecule has 2 N–H and O–H groups in total. The summed E-state index contributed by atoms with van der Waals surface area (Å²) in [5, 5.41) is 13.3. The van der Waals surface area contributed by atoms with Crippen LogP contribution < -0.4 is 5.32 Å². The molecule has 1 aliphatic rings. The minimum absolute atomic E-state index is 0.0986. The monoisotopic (exact) mass is 305 g/mol. The van der Waals surface area contributed by atoms with E-state index in [-0.39, 0.29) is 17.9 Å². The molecule has 1 saturated carbocycles. The predicted molar refractivity (Wildman–Crippen MR) is 75.7 cm³/mol. The largest absolute Gasteiger partial charge is 0.464 e. The van der Waals surface area contributed by atoms with Crippen LogP contribution in [0.25, 0.3) is 0 Å². The van der Waals surface area contributed by atoms with Crippen LogP contribution in [-0.2, 0) is 12.3 Å². The molecule has 0 saturated heterocycles. The molecule has 0 aromatic carbocycles. The van der Waals surface area contributed by atoms with Gasteiger partial charge in [-0.25, -0.2) is 0 Å². The van der Waals surface area contributed by atoms with E-state index in [1.54, 1.807) is 12.1 Å². The minimum Gasteiger partial charge on any atom is -0.464 e. The SMILES string of the molecule is OC1CCCCCC1NCc1ccc(CSC(F)F)o1. The summed E-state index contributed by atoms with van der Waals surface area (Å²) in [7, 11) is 0. The average molecular weight is 305 g/mol. The van der Waals surface area contributed by atoms with Crippen LogP contribution in [0.1, 0.15) is 43.6 Å². The predicted octanol–water partition coefficient (Wildman–Crippen LogP) is 3.52. The van der Waals surface area contributed by atoms with Gasteiger partial charge in [0.05, 0.1) is 18.4 Å². The standard InChI is InChI=1S/C14H21F2NO2S/c15-14(16)20-9-11-7-6-10(19-11)8-17-12-4-2-1-3-5-13(12)18/h6-7,12-14,17-18H,1-5,8-9H2. The molecular formula is C14H21F2NO2S. The van der Waals surface area contributed by atoms with Gasteiger partial charge in [-0.05, 0) is 25.0 Å². The van der Waals surface area contributed by atoms with Crippen molar-refractivity contribution in [3.8, 4) is 0 Å². The van der Waals surface area contributed by atoms with E-state index in [9.17, 15) is 13.9 Å². The van der Waals surface area contributed by atoms with Gasteiger partial charge >= 0.3 is 0 Å². The average Bonchev–Trinajstić information content (AvgIpc) is 2.77. The van der Waals surface area contributed by atoms with E-state index < -0.39 is 5.76 Å². The Bertz CT molecular complexity index is 400. The maximum Gasteiger partial charge on any atom is 0.284 e. The summed E-state index contributed by atoms with van der Waals surface area (Å²) >= 11 is 0.559.